The van der Waals surface area contributed by atoms with Crippen LogP contribution in [0.4, 0.5) is 0 Å². The lowest BCUT2D eigenvalue weighted by atomic mass is 9.90. The first kappa shape index (κ1) is 18.5. The Labute approximate surface area is 158 Å². The van der Waals surface area contributed by atoms with Gasteiger partial charge in [0.25, 0.3) is 0 Å². The normalized spacial score (nSPS) is 19.5. The number of carbonyl (C=O) groups is 2. The van der Waals surface area contributed by atoms with Gasteiger partial charge in [-0.3, -0.25) is 9.59 Å². The Balaban J connectivity index is 1.62. The molecule has 1 N–H and O–H groups in total. The molecule has 0 spiro atoms. The molecule has 4 nitrogen and oxygen atoms in total. The molecule has 2 aromatic rings. The molecule has 1 aliphatic rings. The standard InChI is InChI=1S/C21H22ClNO3/c22-19-9-5-4-8-16(19)10-11-20(24)23-13-17(18(14-23)21(25)26)12-15-6-2-1-3-7-15/h1-9,17-18H,10-14H2,(H,25,26)/t17-,18-/m1/s1. The van der Waals surface area contributed by atoms with Crippen LogP contribution in [0, 0.1) is 11.8 Å². The number of carboxylic acids is 1. The lowest BCUT2D eigenvalue weighted by molar-refractivity contribution is -0.142. The third-order valence-electron chi connectivity index (χ3n) is 5.02. The number of halogens is 1. The number of aryl methyl sites for hydroxylation is 1. The van der Waals surface area contributed by atoms with Gasteiger partial charge in [0.05, 0.1) is 5.92 Å². The zero-order valence-corrected chi connectivity index (χ0v) is 15.2. The topological polar surface area (TPSA) is 57.6 Å². The van der Waals surface area contributed by atoms with Crippen LogP contribution < -0.4 is 0 Å². The molecule has 2 atom stereocenters. The number of likely N-dealkylation sites (tertiary alicyclic amines) is 1. The lowest BCUT2D eigenvalue weighted by Gasteiger charge is -2.16. The van der Waals surface area contributed by atoms with Crippen LogP contribution >= 0.6 is 11.6 Å². The first-order chi connectivity index (χ1) is 12.5. The van der Waals surface area contributed by atoms with Gasteiger partial charge in [-0.15, -0.1) is 0 Å². The van der Waals surface area contributed by atoms with Crippen LogP contribution in [0.15, 0.2) is 54.6 Å². The Hall–Kier alpha value is -2.33. The van der Waals surface area contributed by atoms with Crippen LogP contribution in [-0.4, -0.2) is 35.0 Å². The average Bonchev–Trinajstić information content (AvgIpc) is 3.06. The number of carbonyl (C=O) groups excluding carboxylic acids is 1. The SMILES string of the molecule is O=C(O)[C@@H]1CN(C(=O)CCc2ccccc2Cl)C[C@H]1Cc1ccccc1. The van der Waals surface area contributed by atoms with Crippen LogP contribution in [-0.2, 0) is 22.4 Å². The Kier molecular flexibility index (Phi) is 5.94. The molecule has 136 valence electrons. The summed E-state index contributed by atoms with van der Waals surface area (Å²) in [4.78, 5) is 25.9. The van der Waals surface area contributed by atoms with E-state index in [9.17, 15) is 14.7 Å². The van der Waals surface area contributed by atoms with Crippen molar-refractivity contribution >= 4 is 23.5 Å². The predicted octanol–water partition coefficient (Wildman–Crippen LogP) is 3.67. The van der Waals surface area contributed by atoms with Crippen LogP contribution in [0.2, 0.25) is 5.02 Å². The Morgan fingerprint density at radius 1 is 1.04 bits per heavy atom. The fourth-order valence-corrected chi connectivity index (χ4v) is 3.81. The highest BCUT2D eigenvalue weighted by Crippen LogP contribution is 2.28. The van der Waals surface area contributed by atoms with Crippen molar-refractivity contribution in [2.24, 2.45) is 11.8 Å². The Morgan fingerprint density at radius 2 is 1.73 bits per heavy atom. The summed E-state index contributed by atoms with van der Waals surface area (Å²) in [5.74, 6) is -1.40. The lowest BCUT2D eigenvalue weighted by Crippen LogP contribution is -2.30. The molecule has 2 aromatic carbocycles. The number of nitrogens with zero attached hydrogens (tertiary/aromatic N) is 1. The van der Waals surface area contributed by atoms with E-state index in [0.717, 1.165) is 11.1 Å². The first-order valence-electron chi connectivity index (χ1n) is 8.82. The maximum absolute atomic E-state index is 12.6. The molecule has 0 aromatic heterocycles. The summed E-state index contributed by atoms with van der Waals surface area (Å²) < 4.78 is 0. The maximum atomic E-state index is 12.6. The molecule has 1 fully saturated rings. The second kappa shape index (κ2) is 8.37. The predicted molar refractivity (Wildman–Crippen MR) is 101 cm³/mol. The highest BCUT2D eigenvalue weighted by Gasteiger charge is 2.39. The van der Waals surface area contributed by atoms with Crippen molar-refractivity contribution in [1.29, 1.82) is 0 Å². The van der Waals surface area contributed by atoms with E-state index in [1.165, 1.54) is 0 Å². The quantitative estimate of drug-likeness (QED) is 0.842. The van der Waals surface area contributed by atoms with E-state index in [1.807, 2.05) is 54.6 Å². The van der Waals surface area contributed by atoms with Gasteiger partial charge in [-0.25, -0.2) is 0 Å². The fourth-order valence-electron chi connectivity index (χ4n) is 3.58. The molecule has 0 saturated carbocycles. The minimum atomic E-state index is -0.827. The Bertz CT molecular complexity index is 778. The highest BCUT2D eigenvalue weighted by molar-refractivity contribution is 6.31. The summed E-state index contributed by atoms with van der Waals surface area (Å²) in [6.07, 6.45) is 1.58. The van der Waals surface area contributed by atoms with Crippen molar-refractivity contribution in [3.8, 4) is 0 Å². The summed E-state index contributed by atoms with van der Waals surface area (Å²) in [5, 5.41) is 10.2. The summed E-state index contributed by atoms with van der Waals surface area (Å²) in [6, 6.07) is 17.3. The molecule has 0 unspecified atom stereocenters. The number of carboxylic acid groups (broad SMARTS) is 1. The molecule has 1 heterocycles. The second-order valence-electron chi connectivity index (χ2n) is 6.78. The van der Waals surface area contributed by atoms with Gasteiger partial charge in [0, 0.05) is 24.5 Å². The molecule has 1 aliphatic heterocycles. The number of rotatable bonds is 6. The van der Waals surface area contributed by atoms with E-state index in [-0.39, 0.29) is 18.4 Å². The van der Waals surface area contributed by atoms with E-state index < -0.39 is 11.9 Å². The summed E-state index contributed by atoms with van der Waals surface area (Å²) in [5.41, 5.74) is 2.05. The van der Waals surface area contributed by atoms with Gasteiger partial charge in [-0.2, -0.15) is 0 Å². The smallest absolute Gasteiger partial charge is 0.308 e. The summed E-state index contributed by atoms with van der Waals surface area (Å²) >= 11 is 6.14. The van der Waals surface area contributed by atoms with E-state index in [4.69, 9.17) is 11.6 Å². The molecule has 0 bridgehead atoms. The van der Waals surface area contributed by atoms with E-state index in [0.29, 0.717) is 30.8 Å². The van der Waals surface area contributed by atoms with Gasteiger partial charge in [-0.05, 0) is 36.0 Å². The zero-order valence-electron chi connectivity index (χ0n) is 14.5. The average molecular weight is 372 g/mol. The van der Waals surface area contributed by atoms with Gasteiger partial charge in [0.2, 0.25) is 5.91 Å². The largest absolute Gasteiger partial charge is 0.481 e. The zero-order chi connectivity index (χ0) is 18.5. The molecule has 5 heteroatoms. The summed E-state index contributed by atoms with van der Waals surface area (Å²) in [7, 11) is 0. The Morgan fingerprint density at radius 3 is 2.42 bits per heavy atom. The monoisotopic (exact) mass is 371 g/mol. The van der Waals surface area contributed by atoms with Gasteiger partial charge in [-0.1, -0.05) is 60.1 Å². The number of hydrogen-bond donors (Lipinski definition) is 1. The third kappa shape index (κ3) is 4.44. The van der Waals surface area contributed by atoms with Crippen molar-refractivity contribution in [1.82, 2.24) is 4.90 Å². The third-order valence-corrected chi connectivity index (χ3v) is 5.39. The highest BCUT2D eigenvalue weighted by atomic mass is 35.5. The summed E-state index contributed by atoms with van der Waals surface area (Å²) in [6.45, 7) is 0.779. The van der Waals surface area contributed by atoms with Gasteiger partial charge in [0.1, 0.15) is 0 Å². The molecule has 1 saturated heterocycles. The fraction of sp³-hybridized carbons (Fsp3) is 0.333. The molecule has 1 amide bonds. The van der Waals surface area contributed by atoms with Gasteiger partial charge in [0.15, 0.2) is 0 Å². The molecular formula is C21H22ClNO3. The van der Waals surface area contributed by atoms with Crippen molar-refractivity contribution in [3.05, 3.63) is 70.7 Å². The number of hydrogen-bond acceptors (Lipinski definition) is 2. The van der Waals surface area contributed by atoms with Crippen molar-refractivity contribution in [2.45, 2.75) is 19.3 Å². The van der Waals surface area contributed by atoms with Crippen LogP contribution in [0.25, 0.3) is 0 Å². The van der Waals surface area contributed by atoms with Crippen LogP contribution in [0.1, 0.15) is 17.5 Å². The minimum Gasteiger partial charge on any atom is -0.481 e. The van der Waals surface area contributed by atoms with Crippen molar-refractivity contribution < 1.29 is 14.7 Å². The van der Waals surface area contributed by atoms with Crippen molar-refractivity contribution in [2.75, 3.05) is 13.1 Å². The van der Waals surface area contributed by atoms with Crippen LogP contribution in [0.3, 0.4) is 0 Å². The van der Waals surface area contributed by atoms with E-state index in [1.54, 1.807) is 4.90 Å². The number of aliphatic carboxylic acids is 1. The molecule has 0 radical (unpaired) electrons. The second-order valence-corrected chi connectivity index (χ2v) is 7.19. The van der Waals surface area contributed by atoms with E-state index >= 15 is 0 Å². The maximum Gasteiger partial charge on any atom is 0.308 e. The van der Waals surface area contributed by atoms with Gasteiger partial charge < -0.3 is 10.0 Å². The molecule has 3 rings (SSSR count). The minimum absolute atomic E-state index is 0.00766. The van der Waals surface area contributed by atoms with Gasteiger partial charge >= 0.3 is 5.97 Å². The van der Waals surface area contributed by atoms with Crippen LogP contribution in [0.5, 0.6) is 0 Å². The molecule has 26 heavy (non-hydrogen) atoms. The van der Waals surface area contributed by atoms with Crippen molar-refractivity contribution in [3.63, 3.8) is 0 Å². The molecule has 0 aliphatic carbocycles. The first-order valence-corrected chi connectivity index (χ1v) is 9.20. The van der Waals surface area contributed by atoms with E-state index in [2.05, 4.69) is 0 Å². The number of benzene rings is 2. The molecular weight excluding hydrogens is 350 g/mol. The number of amides is 1.